The Morgan fingerprint density at radius 1 is 1.10 bits per heavy atom. The minimum absolute atomic E-state index is 0.391. The van der Waals surface area contributed by atoms with Gasteiger partial charge in [0.15, 0.2) is 5.96 Å². The van der Waals surface area contributed by atoms with Crippen LogP contribution in [0.4, 0.5) is 0 Å². The monoisotopic (exact) mass is 269 g/mol. The molecule has 2 N–H and O–H groups in total. The van der Waals surface area contributed by atoms with Gasteiger partial charge in [0.1, 0.15) is 0 Å². The first-order chi connectivity index (χ1) is 9.69. The largest absolute Gasteiger partial charge is 0.356 e. The first-order valence-electron chi connectivity index (χ1n) is 7.14. The molecule has 0 amide bonds. The third-order valence-corrected chi connectivity index (χ3v) is 3.17. The van der Waals surface area contributed by atoms with Crippen LogP contribution >= 0.6 is 0 Å². The number of guanidine groups is 1. The van der Waals surface area contributed by atoms with E-state index in [9.17, 15) is 0 Å². The smallest absolute Gasteiger partial charge is 0.191 e. The molecule has 3 nitrogen and oxygen atoms in total. The lowest BCUT2D eigenvalue weighted by Crippen LogP contribution is -2.41. The van der Waals surface area contributed by atoms with Crippen LogP contribution in [0.5, 0.6) is 0 Å². The fourth-order valence-electron chi connectivity index (χ4n) is 2.19. The molecule has 0 aliphatic rings. The highest BCUT2D eigenvalue weighted by Gasteiger charge is 2.00. The van der Waals surface area contributed by atoms with E-state index in [1.807, 2.05) is 0 Å². The molecular formula is C17H23N3. The van der Waals surface area contributed by atoms with Crippen molar-refractivity contribution in [2.24, 2.45) is 4.99 Å². The molecule has 0 spiro atoms. The highest BCUT2D eigenvalue weighted by atomic mass is 15.2. The van der Waals surface area contributed by atoms with Gasteiger partial charge in [-0.05, 0) is 36.6 Å². The van der Waals surface area contributed by atoms with Gasteiger partial charge in [-0.3, -0.25) is 4.99 Å². The Bertz CT molecular complexity index is 588. The second-order valence-corrected chi connectivity index (χ2v) is 5.23. The van der Waals surface area contributed by atoms with Crippen LogP contribution in [0, 0.1) is 0 Å². The Kier molecular flexibility index (Phi) is 4.99. The number of hydrogen-bond acceptors (Lipinski definition) is 1. The zero-order valence-corrected chi connectivity index (χ0v) is 12.5. The van der Waals surface area contributed by atoms with Gasteiger partial charge in [-0.25, -0.2) is 0 Å². The van der Waals surface area contributed by atoms with Crippen molar-refractivity contribution in [3.05, 3.63) is 48.0 Å². The number of hydrogen-bond donors (Lipinski definition) is 2. The Labute approximate surface area is 121 Å². The number of nitrogens with zero attached hydrogens (tertiary/aromatic N) is 1. The first-order valence-corrected chi connectivity index (χ1v) is 7.14. The summed E-state index contributed by atoms with van der Waals surface area (Å²) < 4.78 is 0. The van der Waals surface area contributed by atoms with E-state index in [0.717, 1.165) is 18.9 Å². The predicted octanol–water partition coefficient (Wildman–Crippen LogP) is 2.96. The van der Waals surface area contributed by atoms with Gasteiger partial charge in [-0.1, -0.05) is 42.5 Å². The van der Waals surface area contributed by atoms with Crippen LogP contribution < -0.4 is 10.6 Å². The molecule has 0 unspecified atom stereocenters. The van der Waals surface area contributed by atoms with Crippen LogP contribution in [0.25, 0.3) is 10.8 Å². The summed E-state index contributed by atoms with van der Waals surface area (Å²) in [7, 11) is 1.80. The summed E-state index contributed by atoms with van der Waals surface area (Å²) in [6.07, 6.45) is 0.990. The quantitative estimate of drug-likeness (QED) is 0.661. The van der Waals surface area contributed by atoms with Gasteiger partial charge in [0.25, 0.3) is 0 Å². The number of rotatable bonds is 4. The van der Waals surface area contributed by atoms with E-state index in [-0.39, 0.29) is 0 Å². The highest BCUT2D eigenvalue weighted by Crippen LogP contribution is 2.15. The summed E-state index contributed by atoms with van der Waals surface area (Å²) in [5.74, 6) is 0.862. The Balaban J connectivity index is 1.92. The van der Waals surface area contributed by atoms with Crippen LogP contribution in [0.2, 0.25) is 0 Å². The lowest BCUT2D eigenvalue weighted by molar-refractivity contribution is 0.698. The summed E-state index contributed by atoms with van der Waals surface area (Å²) in [6, 6.07) is 15.5. The third kappa shape index (κ3) is 3.98. The van der Waals surface area contributed by atoms with E-state index in [2.05, 4.69) is 71.9 Å². The number of benzene rings is 2. The average Bonchev–Trinajstić information content (AvgIpc) is 2.45. The molecule has 0 saturated carbocycles. The molecule has 0 bridgehead atoms. The minimum Gasteiger partial charge on any atom is -0.356 e. The fourth-order valence-corrected chi connectivity index (χ4v) is 2.19. The minimum atomic E-state index is 0.391. The summed E-state index contributed by atoms with van der Waals surface area (Å²) in [6.45, 7) is 5.09. The zero-order valence-electron chi connectivity index (χ0n) is 12.5. The highest BCUT2D eigenvalue weighted by molar-refractivity contribution is 5.83. The van der Waals surface area contributed by atoms with Crippen LogP contribution in [0.3, 0.4) is 0 Å². The lowest BCUT2D eigenvalue weighted by Gasteiger charge is -2.14. The van der Waals surface area contributed by atoms with Crippen LogP contribution in [0.1, 0.15) is 19.4 Å². The number of aliphatic imine (C=N–C) groups is 1. The SMILES string of the molecule is CN=C(NCCc1ccc2ccccc2c1)NC(C)C. The molecule has 3 heteroatoms. The molecule has 2 rings (SSSR count). The molecule has 0 atom stereocenters. The van der Waals surface area contributed by atoms with Crippen LogP contribution in [0.15, 0.2) is 47.5 Å². The van der Waals surface area contributed by atoms with E-state index < -0.39 is 0 Å². The van der Waals surface area contributed by atoms with E-state index in [0.29, 0.717) is 6.04 Å². The summed E-state index contributed by atoms with van der Waals surface area (Å²) in [5.41, 5.74) is 1.34. The van der Waals surface area contributed by atoms with Gasteiger partial charge in [0.05, 0.1) is 0 Å². The summed E-state index contributed by atoms with van der Waals surface area (Å²) in [5, 5.41) is 9.21. The van der Waals surface area contributed by atoms with E-state index in [1.54, 1.807) is 7.05 Å². The van der Waals surface area contributed by atoms with Crippen molar-refractivity contribution < 1.29 is 0 Å². The fraction of sp³-hybridized carbons (Fsp3) is 0.353. The zero-order chi connectivity index (χ0) is 14.4. The molecule has 0 aromatic heterocycles. The topological polar surface area (TPSA) is 36.4 Å². The van der Waals surface area contributed by atoms with Gasteiger partial charge in [0.2, 0.25) is 0 Å². The Hall–Kier alpha value is -2.03. The first kappa shape index (κ1) is 14.4. The summed E-state index contributed by atoms with van der Waals surface area (Å²) in [4.78, 5) is 4.20. The number of nitrogens with one attached hydrogen (secondary N) is 2. The summed E-state index contributed by atoms with van der Waals surface area (Å²) >= 11 is 0. The molecule has 106 valence electrons. The molecule has 0 radical (unpaired) electrons. The predicted molar refractivity (Wildman–Crippen MR) is 87.3 cm³/mol. The van der Waals surface area contributed by atoms with E-state index >= 15 is 0 Å². The molecule has 2 aromatic rings. The standard InChI is InChI=1S/C17H23N3/c1-13(2)20-17(18-3)19-11-10-14-8-9-15-6-4-5-7-16(15)12-14/h4-9,12-13H,10-11H2,1-3H3,(H2,18,19,20). The van der Waals surface area contributed by atoms with Gasteiger partial charge < -0.3 is 10.6 Å². The second-order valence-electron chi connectivity index (χ2n) is 5.23. The second kappa shape index (κ2) is 6.94. The van der Waals surface area contributed by atoms with Crippen molar-refractivity contribution in [2.45, 2.75) is 26.3 Å². The van der Waals surface area contributed by atoms with Crippen molar-refractivity contribution in [3.8, 4) is 0 Å². The Morgan fingerprint density at radius 2 is 1.85 bits per heavy atom. The van der Waals surface area contributed by atoms with Gasteiger partial charge in [-0.15, -0.1) is 0 Å². The molecule has 0 fully saturated rings. The molecule has 0 heterocycles. The van der Waals surface area contributed by atoms with Crippen molar-refractivity contribution in [1.29, 1.82) is 0 Å². The van der Waals surface area contributed by atoms with Crippen molar-refractivity contribution >= 4 is 16.7 Å². The normalized spacial score (nSPS) is 11.9. The molecule has 0 aliphatic heterocycles. The lowest BCUT2D eigenvalue weighted by atomic mass is 10.1. The van der Waals surface area contributed by atoms with Gasteiger partial charge >= 0.3 is 0 Å². The van der Waals surface area contributed by atoms with E-state index in [4.69, 9.17) is 0 Å². The molecule has 20 heavy (non-hydrogen) atoms. The van der Waals surface area contributed by atoms with Gasteiger partial charge in [-0.2, -0.15) is 0 Å². The molecule has 0 aliphatic carbocycles. The van der Waals surface area contributed by atoms with Gasteiger partial charge in [0, 0.05) is 19.6 Å². The molecular weight excluding hydrogens is 246 g/mol. The van der Waals surface area contributed by atoms with Crippen molar-refractivity contribution in [3.63, 3.8) is 0 Å². The maximum absolute atomic E-state index is 4.20. The van der Waals surface area contributed by atoms with Crippen LogP contribution in [-0.2, 0) is 6.42 Å². The average molecular weight is 269 g/mol. The van der Waals surface area contributed by atoms with Crippen molar-refractivity contribution in [2.75, 3.05) is 13.6 Å². The maximum atomic E-state index is 4.20. The van der Waals surface area contributed by atoms with Crippen molar-refractivity contribution in [1.82, 2.24) is 10.6 Å². The molecule has 0 saturated heterocycles. The Morgan fingerprint density at radius 3 is 2.55 bits per heavy atom. The maximum Gasteiger partial charge on any atom is 0.191 e. The third-order valence-electron chi connectivity index (χ3n) is 3.17. The van der Waals surface area contributed by atoms with E-state index in [1.165, 1.54) is 16.3 Å². The van der Waals surface area contributed by atoms with Crippen LogP contribution in [-0.4, -0.2) is 25.6 Å². The molecule has 2 aromatic carbocycles. The number of fused-ring (bicyclic) bond motifs is 1.